The zero-order valence-electron chi connectivity index (χ0n) is 7.61. The molecular weight excluding hydrogens is 200 g/mol. The summed E-state index contributed by atoms with van der Waals surface area (Å²) in [6.07, 6.45) is 5.03. The normalized spacial score (nSPS) is 10.1. The SMILES string of the molecule is CNc1ccc(-n2cc(Cl)cn2)nc1. The van der Waals surface area contributed by atoms with E-state index in [4.69, 9.17) is 11.6 Å². The number of pyridine rings is 1. The van der Waals surface area contributed by atoms with Crippen molar-refractivity contribution in [3.05, 3.63) is 35.7 Å². The minimum absolute atomic E-state index is 0.601. The van der Waals surface area contributed by atoms with E-state index in [9.17, 15) is 0 Å². The van der Waals surface area contributed by atoms with E-state index in [1.165, 1.54) is 0 Å². The largest absolute Gasteiger partial charge is 0.387 e. The second-order valence-corrected chi connectivity index (χ2v) is 3.19. The maximum atomic E-state index is 5.75. The van der Waals surface area contributed by atoms with Crippen molar-refractivity contribution in [1.82, 2.24) is 14.8 Å². The first-order chi connectivity index (χ1) is 6.79. The lowest BCUT2D eigenvalue weighted by atomic mass is 10.4. The predicted molar refractivity (Wildman–Crippen MR) is 55.9 cm³/mol. The lowest BCUT2D eigenvalue weighted by Gasteiger charge is -2.01. The highest BCUT2D eigenvalue weighted by Gasteiger charge is 1.99. The Morgan fingerprint density at radius 3 is 2.71 bits per heavy atom. The summed E-state index contributed by atoms with van der Waals surface area (Å²) in [6.45, 7) is 0. The molecule has 0 radical (unpaired) electrons. The summed E-state index contributed by atoms with van der Waals surface area (Å²) in [5.41, 5.74) is 0.965. The van der Waals surface area contributed by atoms with E-state index in [0.717, 1.165) is 11.5 Å². The van der Waals surface area contributed by atoms with Crippen LogP contribution in [0.3, 0.4) is 0 Å². The number of rotatable bonds is 2. The summed E-state index contributed by atoms with van der Waals surface area (Å²) in [5, 5.41) is 7.64. The molecule has 4 nitrogen and oxygen atoms in total. The minimum Gasteiger partial charge on any atom is -0.387 e. The number of anilines is 1. The van der Waals surface area contributed by atoms with Crippen LogP contribution in [0.2, 0.25) is 5.02 Å². The molecule has 0 fully saturated rings. The Hall–Kier alpha value is -1.55. The number of hydrogen-bond acceptors (Lipinski definition) is 3. The van der Waals surface area contributed by atoms with Crippen LogP contribution in [0.25, 0.3) is 5.82 Å². The number of nitrogens with zero attached hydrogens (tertiary/aromatic N) is 3. The molecule has 0 aromatic carbocycles. The number of aromatic nitrogens is 3. The van der Waals surface area contributed by atoms with Crippen LogP contribution in [0.5, 0.6) is 0 Å². The van der Waals surface area contributed by atoms with Crippen molar-refractivity contribution >= 4 is 17.3 Å². The van der Waals surface area contributed by atoms with Crippen LogP contribution in [0.4, 0.5) is 5.69 Å². The van der Waals surface area contributed by atoms with Gasteiger partial charge in [0.2, 0.25) is 0 Å². The van der Waals surface area contributed by atoms with Crippen LogP contribution in [-0.2, 0) is 0 Å². The summed E-state index contributed by atoms with van der Waals surface area (Å²) >= 11 is 5.75. The molecule has 0 aliphatic carbocycles. The third-order valence-corrected chi connectivity index (χ3v) is 2.02. The van der Waals surface area contributed by atoms with Gasteiger partial charge in [-0.05, 0) is 12.1 Å². The second-order valence-electron chi connectivity index (χ2n) is 2.76. The van der Waals surface area contributed by atoms with Gasteiger partial charge in [0.15, 0.2) is 5.82 Å². The first-order valence-corrected chi connectivity index (χ1v) is 4.52. The van der Waals surface area contributed by atoms with Gasteiger partial charge < -0.3 is 5.32 Å². The molecule has 0 spiro atoms. The molecule has 0 amide bonds. The molecule has 0 atom stereocenters. The van der Waals surface area contributed by atoms with E-state index < -0.39 is 0 Å². The zero-order chi connectivity index (χ0) is 9.97. The molecule has 14 heavy (non-hydrogen) atoms. The summed E-state index contributed by atoms with van der Waals surface area (Å²) in [6, 6.07) is 3.80. The van der Waals surface area contributed by atoms with Crippen molar-refractivity contribution in [2.75, 3.05) is 12.4 Å². The Kier molecular flexibility index (Phi) is 2.37. The lowest BCUT2D eigenvalue weighted by Crippen LogP contribution is -1.98. The average Bonchev–Trinajstić information content (AvgIpc) is 2.65. The van der Waals surface area contributed by atoms with Crippen molar-refractivity contribution < 1.29 is 0 Å². The van der Waals surface area contributed by atoms with Crippen LogP contribution < -0.4 is 5.32 Å². The minimum atomic E-state index is 0.601. The van der Waals surface area contributed by atoms with Crippen molar-refractivity contribution in [2.45, 2.75) is 0 Å². The lowest BCUT2D eigenvalue weighted by molar-refractivity contribution is 0.847. The van der Waals surface area contributed by atoms with E-state index in [-0.39, 0.29) is 0 Å². The Morgan fingerprint density at radius 2 is 2.21 bits per heavy atom. The Labute approximate surface area is 86.5 Å². The van der Waals surface area contributed by atoms with Gasteiger partial charge in [0.05, 0.1) is 29.3 Å². The van der Waals surface area contributed by atoms with Gasteiger partial charge in [-0.15, -0.1) is 0 Å². The summed E-state index contributed by atoms with van der Waals surface area (Å²) in [4.78, 5) is 4.21. The Morgan fingerprint density at radius 1 is 1.36 bits per heavy atom. The van der Waals surface area contributed by atoms with E-state index in [0.29, 0.717) is 5.02 Å². The average molecular weight is 209 g/mol. The highest BCUT2D eigenvalue weighted by Crippen LogP contribution is 2.11. The van der Waals surface area contributed by atoms with Gasteiger partial charge >= 0.3 is 0 Å². The maximum Gasteiger partial charge on any atom is 0.153 e. The molecule has 0 aliphatic heterocycles. The molecule has 2 aromatic rings. The van der Waals surface area contributed by atoms with Crippen molar-refractivity contribution in [2.24, 2.45) is 0 Å². The third-order valence-electron chi connectivity index (χ3n) is 1.82. The first kappa shape index (κ1) is 9.02. The highest BCUT2D eigenvalue weighted by molar-refractivity contribution is 6.30. The number of halogens is 1. The first-order valence-electron chi connectivity index (χ1n) is 4.14. The fourth-order valence-corrected chi connectivity index (χ4v) is 1.23. The van der Waals surface area contributed by atoms with Gasteiger partial charge in [-0.3, -0.25) is 0 Å². The molecule has 0 saturated carbocycles. The van der Waals surface area contributed by atoms with Crippen LogP contribution >= 0.6 is 11.6 Å². The van der Waals surface area contributed by atoms with E-state index >= 15 is 0 Å². The summed E-state index contributed by atoms with van der Waals surface area (Å²) in [5.74, 6) is 0.746. The Bertz CT molecular complexity index is 421. The van der Waals surface area contributed by atoms with Crippen LogP contribution in [0.1, 0.15) is 0 Å². The Balaban J connectivity index is 2.33. The summed E-state index contributed by atoms with van der Waals surface area (Å²) in [7, 11) is 1.85. The number of hydrogen-bond donors (Lipinski definition) is 1. The molecule has 0 aliphatic rings. The van der Waals surface area contributed by atoms with Crippen LogP contribution in [0.15, 0.2) is 30.7 Å². The smallest absolute Gasteiger partial charge is 0.153 e. The molecule has 0 unspecified atom stereocenters. The molecule has 5 heteroatoms. The fraction of sp³-hybridized carbons (Fsp3) is 0.111. The molecular formula is C9H9ClN4. The zero-order valence-corrected chi connectivity index (χ0v) is 8.36. The van der Waals surface area contributed by atoms with Gasteiger partial charge in [-0.25, -0.2) is 9.67 Å². The molecule has 72 valence electrons. The predicted octanol–water partition coefficient (Wildman–Crippen LogP) is 1.96. The van der Waals surface area contributed by atoms with Gasteiger partial charge in [0.1, 0.15) is 0 Å². The standard InChI is InChI=1S/C9H9ClN4/c1-11-8-2-3-9(12-5-8)14-6-7(10)4-13-14/h2-6,11H,1H3. The molecule has 0 saturated heterocycles. The molecule has 2 heterocycles. The van der Waals surface area contributed by atoms with E-state index in [2.05, 4.69) is 15.4 Å². The van der Waals surface area contributed by atoms with E-state index in [1.54, 1.807) is 23.3 Å². The van der Waals surface area contributed by atoms with Crippen molar-refractivity contribution in [1.29, 1.82) is 0 Å². The van der Waals surface area contributed by atoms with Gasteiger partial charge in [0.25, 0.3) is 0 Å². The van der Waals surface area contributed by atoms with Crippen LogP contribution in [-0.4, -0.2) is 21.8 Å². The van der Waals surface area contributed by atoms with Crippen LogP contribution in [0, 0.1) is 0 Å². The fourth-order valence-electron chi connectivity index (χ4n) is 1.10. The van der Waals surface area contributed by atoms with Crippen molar-refractivity contribution in [3.63, 3.8) is 0 Å². The molecule has 2 rings (SSSR count). The molecule has 1 N–H and O–H groups in total. The quantitative estimate of drug-likeness (QED) is 0.821. The van der Waals surface area contributed by atoms with Gasteiger partial charge in [-0.2, -0.15) is 5.10 Å². The van der Waals surface area contributed by atoms with Gasteiger partial charge in [-0.1, -0.05) is 11.6 Å². The molecule has 2 aromatic heterocycles. The maximum absolute atomic E-state index is 5.75. The van der Waals surface area contributed by atoms with Crippen molar-refractivity contribution in [3.8, 4) is 5.82 Å². The molecule has 0 bridgehead atoms. The van der Waals surface area contributed by atoms with E-state index in [1.807, 2.05) is 19.2 Å². The topological polar surface area (TPSA) is 42.7 Å². The summed E-state index contributed by atoms with van der Waals surface area (Å²) < 4.78 is 1.63. The van der Waals surface area contributed by atoms with Gasteiger partial charge in [0, 0.05) is 7.05 Å². The monoisotopic (exact) mass is 208 g/mol. The number of nitrogens with one attached hydrogen (secondary N) is 1. The highest BCUT2D eigenvalue weighted by atomic mass is 35.5. The third kappa shape index (κ3) is 1.70. The second kappa shape index (κ2) is 3.67.